The molecular formula is C20H18ClNO3S. The number of halogens is 1. The van der Waals surface area contributed by atoms with E-state index >= 15 is 0 Å². The van der Waals surface area contributed by atoms with E-state index in [1.165, 1.54) is 11.3 Å². The molecule has 0 saturated carbocycles. The number of benzene rings is 2. The van der Waals surface area contributed by atoms with Crippen LogP contribution >= 0.6 is 22.9 Å². The number of carbonyl (C=O) groups is 1. The Labute approximate surface area is 161 Å². The van der Waals surface area contributed by atoms with Crippen molar-refractivity contribution in [3.63, 3.8) is 0 Å². The van der Waals surface area contributed by atoms with Crippen molar-refractivity contribution in [3.8, 4) is 11.5 Å². The Morgan fingerprint density at radius 1 is 1.23 bits per heavy atom. The molecule has 1 heterocycles. The summed E-state index contributed by atoms with van der Waals surface area (Å²) in [5.74, 6) is 1.13. The molecule has 0 spiro atoms. The highest BCUT2D eigenvalue weighted by Gasteiger charge is 2.18. The SMILES string of the molecule is C=C(C)COc1cccc(NC(=O)c2sc3cc(OC)ccc3c2Cl)c1. The second-order valence-corrected chi connectivity index (χ2v) is 7.27. The summed E-state index contributed by atoms with van der Waals surface area (Å²) in [5, 5.41) is 4.15. The smallest absolute Gasteiger partial charge is 0.267 e. The summed E-state index contributed by atoms with van der Waals surface area (Å²) >= 11 is 7.74. The number of fused-ring (bicyclic) bond motifs is 1. The summed E-state index contributed by atoms with van der Waals surface area (Å²) in [6.07, 6.45) is 0. The van der Waals surface area contributed by atoms with Gasteiger partial charge in [0.25, 0.3) is 5.91 Å². The fraction of sp³-hybridized carbons (Fsp3) is 0.150. The Morgan fingerprint density at radius 2 is 2.04 bits per heavy atom. The number of methoxy groups -OCH3 is 1. The van der Waals surface area contributed by atoms with E-state index in [1.807, 2.05) is 37.3 Å². The highest BCUT2D eigenvalue weighted by molar-refractivity contribution is 7.21. The Balaban J connectivity index is 1.82. The van der Waals surface area contributed by atoms with Crippen LogP contribution in [0.3, 0.4) is 0 Å². The van der Waals surface area contributed by atoms with Crippen LogP contribution in [-0.4, -0.2) is 19.6 Å². The first-order valence-electron chi connectivity index (χ1n) is 7.92. The Morgan fingerprint density at radius 3 is 2.77 bits per heavy atom. The molecule has 0 radical (unpaired) electrons. The van der Waals surface area contributed by atoms with Gasteiger partial charge in [-0.25, -0.2) is 0 Å². The van der Waals surface area contributed by atoms with E-state index < -0.39 is 0 Å². The minimum absolute atomic E-state index is 0.257. The molecule has 0 aliphatic rings. The van der Waals surface area contributed by atoms with Crippen molar-refractivity contribution in [3.05, 3.63) is 64.5 Å². The number of hydrogen-bond acceptors (Lipinski definition) is 4. The van der Waals surface area contributed by atoms with Gasteiger partial charge in [0.05, 0.1) is 12.1 Å². The molecule has 0 unspecified atom stereocenters. The van der Waals surface area contributed by atoms with Crippen LogP contribution in [0.4, 0.5) is 5.69 Å². The van der Waals surface area contributed by atoms with Gasteiger partial charge in [0.15, 0.2) is 0 Å². The molecular weight excluding hydrogens is 370 g/mol. The Hall–Kier alpha value is -2.50. The van der Waals surface area contributed by atoms with E-state index in [4.69, 9.17) is 21.1 Å². The number of ether oxygens (including phenoxy) is 2. The zero-order chi connectivity index (χ0) is 18.7. The first-order chi connectivity index (χ1) is 12.5. The Bertz CT molecular complexity index is 980. The standard InChI is InChI=1S/C20H18ClNO3S/c1-12(2)11-25-15-6-4-5-13(9-15)22-20(23)19-18(21)16-8-7-14(24-3)10-17(16)26-19/h4-10H,1,11H2,2-3H3,(H,22,23). The molecule has 1 N–H and O–H groups in total. The molecule has 26 heavy (non-hydrogen) atoms. The molecule has 4 nitrogen and oxygen atoms in total. The molecule has 3 rings (SSSR count). The summed E-state index contributed by atoms with van der Waals surface area (Å²) in [6.45, 7) is 6.13. The van der Waals surface area contributed by atoms with Gasteiger partial charge >= 0.3 is 0 Å². The lowest BCUT2D eigenvalue weighted by molar-refractivity contribution is 0.103. The van der Waals surface area contributed by atoms with Gasteiger partial charge in [0.2, 0.25) is 0 Å². The summed E-state index contributed by atoms with van der Waals surface area (Å²) in [7, 11) is 1.60. The molecule has 0 atom stereocenters. The maximum Gasteiger partial charge on any atom is 0.267 e. The van der Waals surface area contributed by atoms with Gasteiger partial charge in [-0.05, 0) is 42.8 Å². The predicted octanol–water partition coefficient (Wildman–Crippen LogP) is 5.77. The van der Waals surface area contributed by atoms with E-state index in [0.717, 1.165) is 21.4 Å². The topological polar surface area (TPSA) is 47.6 Å². The van der Waals surface area contributed by atoms with E-state index in [1.54, 1.807) is 19.2 Å². The molecule has 0 saturated heterocycles. The molecule has 0 aliphatic heterocycles. The highest BCUT2D eigenvalue weighted by atomic mass is 35.5. The van der Waals surface area contributed by atoms with Crippen LogP contribution in [0.15, 0.2) is 54.6 Å². The third kappa shape index (κ3) is 4.00. The molecule has 1 aromatic heterocycles. The van der Waals surface area contributed by atoms with Gasteiger partial charge in [-0.3, -0.25) is 4.79 Å². The van der Waals surface area contributed by atoms with Crippen LogP contribution < -0.4 is 14.8 Å². The lowest BCUT2D eigenvalue weighted by Crippen LogP contribution is -2.10. The maximum atomic E-state index is 12.7. The number of anilines is 1. The monoisotopic (exact) mass is 387 g/mol. The van der Waals surface area contributed by atoms with Crippen molar-refractivity contribution in [2.75, 3.05) is 19.0 Å². The van der Waals surface area contributed by atoms with Gasteiger partial charge in [-0.1, -0.05) is 24.2 Å². The second-order valence-electron chi connectivity index (χ2n) is 5.83. The summed E-state index contributed by atoms with van der Waals surface area (Å²) in [4.78, 5) is 13.1. The van der Waals surface area contributed by atoms with Gasteiger partial charge in [-0.2, -0.15) is 0 Å². The predicted molar refractivity (Wildman–Crippen MR) is 108 cm³/mol. The van der Waals surface area contributed by atoms with Crippen LogP contribution in [0, 0.1) is 0 Å². The van der Waals surface area contributed by atoms with Crippen LogP contribution in [-0.2, 0) is 0 Å². The molecule has 6 heteroatoms. The number of nitrogens with one attached hydrogen (secondary N) is 1. The van der Waals surface area contributed by atoms with Crippen LogP contribution in [0.2, 0.25) is 5.02 Å². The zero-order valence-electron chi connectivity index (χ0n) is 14.5. The van der Waals surface area contributed by atoms with Gasteiger partial charge < -0.3 is 14.8 Å². The summed E-state index contributed by atoms with van der Waals surface area (Å²) < 4.78 is 11.7. The van der Waals surface area contributed by atoms with E-state index in [2.05, 4.69) is 11.9 Å². The zero-order valence-corrected chi connectivity index (χ0v) is 16.0. The van der Waals surface area contributed by atoms with Crippen molar-refractivity contribution < 1.29 is 14.3 Å². The van der Waals surface area contributed by atoms with Crippen LogP contribution in [0.25, 0.3) is 10.1 Å². The van der Waals surface area contributed by atoms with E-state index in [-0.39, 0.29) is 5.91 Å². The maximum absolute atomic E-state index is 12.7. The van der Waals surface area contributed by atoms with Gasteiger partial charge in [0.1, 0.15) is 23.0 Å². The average Bonchev–Trinajstić information content (AvgIpc) is 2.96. The first-order valence-corrected chi connectivity index (χ1v) is 9.12. The van der Waals surface area contributed by atoms with Crippen molar-refractivity contribution in [1.29, 1.82) is 0 Å². The van der Waals surface area contributed by atoms with Crippen molar-refractivity contribution in [2.24, 2.45) is 0 Å². The minimum Gasteiger partial charge on any atom is -0.497 e. The van der Waals surface area contributed by atoms with E-state index in [0.29, 0.717) is 27.9 Å². The Kier molecular flexibility index (Phi) is 5.49. The summed E-state index contributed by atoms with van der Waals surface area (Å²) in [6, 6.07) is 12.8. The number of carbonyl (C=O) groups excluding carboxylic acids is 1. The van der Waals surface area contributed by atoms with Crippen molar-refractivity contribution in [1.82, 2.24) is 0 Å². The quantitative estimate of drug-likeness (QED) is 0.546. The molecule has 2 aromatic carbocycles. The number of thiophene rings is 1. The molecule has 0 fully saturated rings. The summed E-state index contributed by atoms with van der Waals surface area (Å²) in [5.41, 5.74) is 1.56. The third-order valence-corrected chi connectivity index (χ3v) is 5.28. The number of amides is 1. The molecule has 134 valence electrons. The lowest BCUT2D eigenvalue weighted by Gasteiger charge is -2.08. The molecule has 3 aromatic rings. The third-order valence-electron chi connectivity index (χ3n) is 3.62. The van der Waals surface area contributed by atoms with Gasteiger partial charge in [-0.15, -0.1) is 11.3 Å². The van der Waals surface area contributed by atoms with Gasteiger partial charge in [0, 0.05) is 21.8 Å². The minimum atomic E-state index is -0.257. The van der Waals surface area contributed by atoms with Crippen molar-refractivity contribution >= 4 is 44.6 Å². The largest absolute Gasteiger partial charge is 0.497 e. The normalized spacial score (nSPS) is 10.6. The van der Waals surface area contributed by atoms with Crippen LogP contribution in [0.5, 0.6) is 11.5 Å². The van der Waals surface area contributed by atoms with E-state index in [9.17, 15) is 4.79 Å². The lowest BCUT2D eigenvalue weighted by atomic mass is 10.2. The average molecular weight is 388 g/mol. The number of rotatable bonds is 6. The first kappa shape index (κ1) is 18.3. The van der Waals surface area contributed by atoms with Crippen LogP contribution in [0.1, 0.15) is 16.6 Å². The van der Waals surface area contributed by atoms with Crippen molar-refractivity contribution in [2.45, 2.75) is 6.92 Å². The molecule has 0 bridgehead atoms. The fourth-order valence-corrected chi connectivity index (χ4v) is 3.82. The second kappa shape index (κ2) is 7.81. The molecule has 1 amide bonds. The number of hydrogen-bond donors (Lipinski definition) is 1. The molecule has 0 aliphatic carbocycles. The fourth-order valence-electron chi connectivity index (χ4n) is 2.38. The highest BCUT2D eigenvalue weighted by Crippen LogP contribution is 2.37.